The number of para-hydroxylation sites is 2. The minimum Gasteiger partial charge on any atom is -0.497 e. The first-order valence-corrected chi connectivity index (χ1v) is 12.4. The highest BCUT2D eigenvalue weighted by Gasteiger charge is 2.23. The molecular formula is C28H37N5O4. The molecule has 0 unspecified atom stereocenters. The Morgan fingerprint density at radius 2 is 1.70 bits per heavy atom. The molecule has 1 aromatic heterocycles. The third kappa shape index (κ3) is 7.25. The lowest BCUT2D eigenvalue weighted by atomic mass is 9.92. The molecule has 9 nitrogen and oxygen atoms in total. The maximum atomic E-state index is 13.2. The molecule has 2 N–H and O–H groups in total. The molecule has 3 rings (SSSR count). The maximum Gasteiger partial charge on any atom is 0.322 e. The number of rotatable bonds is 10. The molecule has 0 atom stereocenters. The standard InChI is InChI=1S/C28H37N5O4/c1-7-8-17-32(27(35)29-22-11-9-10-12-23(22)37-6)19-26(34)30-25-18-24(28(2,3)4)31-33(25)20-13-15-21(36-5)16-14-20/h9-16,18H,7-8,17,19H2,1-6H3,(H,29,35)(H,30,34). The Morgan fingerprint density at radius 3 is 2.32 bits per heavy atom. The number of unbranched alkanes of at least 4 members (excludes halogenated alkanes) is 1. The fourth-order valence-corrected chi connectivity index (χ4v) is 3.66. The van der Waals surface area contributed by atoms with Gasteiger partial charge in [0.2, 0.25) is 5.91 Å². The normalized spacial score (nSPS) is 11.1. The number of methoxy groups -OCH3 is 2. The number of anilines is 2. The van der Waals surface area contributed by atoms with Crippen LogP contribution in [0.3, 0.4) is 0 Å². The average molecular weight is 508 g/mol. The zero-order valence-corrected chi connectivity index (χ0v) is 22.5. The number of nitrogens with one attached hydrogen (secondary N) is 2. The summed E-state index contributed by atoms with van der Waals surface area (Å²) in [5, 5.41) is 10.6. The van der Waals surface area contributed by atoms with Gasteiger partial charge in [-0.2, -0.15) is 5.10 Å². The van der Waals surface area contributed by atoms with Crippen molar-refractivity contribution >= 4 is 23.4 Å². The van der Waals surface area contributed by atoms with Crippen LogP contribution in [0.2, 0.25) is 0 Å². The molecular weight excluding hydrogens is 470 g/mol. The minimum absolute atomic E-state index is 0.111. The second-order valence-corrected chi connectivity index (χ2v) is 9.73. The largest absolute Gasteiger partial charge is 0.497 e. The van der Waals surface area contributed by atoms with E-state index in [2.05, 4.69) is 31.4 Å². The number of urea groups is 1. The summed E-state index contributed by atoms with van der Waals surface area (Å²) in [5.41, 5.74) is 1.93. The highest BCUT2D eigenvalue weighted by atomic mass is 16.5. The van der Waals surface area contributed by atoms with Crippen LogP contribution in [-0.4, -0.2) is 53.9 Å². The van der Waals surface area contributed by atoms with E-state index in [1.807, 2.05) is 49.4 Å². The van der Waals surface area contributed by atoms with E-state index in [9.17, 15) is 9.59 Å². The number of carbonyl (C=O) groups excluding carboxylic acids is 2. The number of ether oxygens (including phenoxy) is 2. The Kier molecular flexibility index (Phi) is 9.16. The number of benzene rings is 2. The smallest absolute Gasteiger partial charge is 0.322 e. The van der Waals surface area contributed by atoms with Crippen LogP contribution in [0.4, 0.5) is 16.3 Å². The molecule has 0 saturated heterocycles. The van der Waals surface area contributed by atoms with E-state index < -0.39 is 0 Å². The van der Waals surface area contributed by atoms with Gasteiger partial charge in [0.25, 0.3) is 0 Å². The van der Waals surface area contributed by atoms with Gasteiger partial charge in [0.1, 0.15) is 23.9 Å². The van der Waals surface area contributed by atoms with Crippen LogP contribution in [0.5, 0.6) is 11.5 Å². The van der Waals surface area contributed by atoms with E-state index in [0.29, 0.717) is 23.8 Å². The molecule has 0 fully saturated rings. The second kappa shape index (κ2) is 12.3. The Bertz CT molecular complexity index is 1200. The first kappa shape index (κ1) is 27.6. The molecule has 0 aliphatic rings. The molecule has 9 heteroatoms. The molecule has 198 valence electrons. The Labute approximate surface area is 218 Å². The summed E-state index contributed by atoms with van der Waals surface area (Å²) in [7, 11) is 3.16. The van der Waals surface area contributed by atoms with Gasteiger partial charge in [-0.25, -0.2) is 9.48 Å². The second-order valence-electron chi connectivity index (χ2n) is 9.73. The van der Waals surface area contributed by atoms with Gasteiger partial charge in [-0.05, 0) is 42.8 Å². The average Bonchev–Trinajstić information content (AvgIpc) is 3.31. The molecule has 0 aliphatic heterocycles. The van der Waals surface area contributed by atoms with Gasteiger partial charge < -0.3 is 25.0 Å². The predicted molar refractivity (Wildman–Crippen MR) is 146 cm³/mol. The van der Waals surface area contributed by atoms with Gasteiger partial charge in [0.15, 0.2) is 0 Å². The molecule has 3 amide bonds. The van der Waals surface area contributed by atoms with Gasteiger partial charge >= 0.3 is 6.03 Å². The van der Waals surface area contributed by atoms with Crippen LogP contribution >= 0.6 is 0 Å². The number of amides is 3. The lowest BCUT2D eigenvalue weighted by Gasteiger charge is -2.23. The van der Waals surface area contributed by atoms with Crippen molar-refractivity contribution in [3.8, 4) is 17.2 Å². The van der Waals surface area contributed by atoms with Crippen molar-refractivity contribution in [2.75, 3.05) is 37.9 Å². The zero-order chi connectivity index (χ0) is 27.0. The monoisotopic (exact) mass is 507 g/mol. The third-order valence-corrected chi connectivity index (χ3v) is 5.81. The van der Waals surface area contributed by atoms with Crippen molar-refractivity contribution in [2.24, 2.45) is 0 Å². The Balaban J connectivity index is 1.82. The van der Waals surface area contributed by atoms with Crippen molar-refractivity contribution in [1.82, 2.24) is 14.7 Å². The molecule has 3 aromatic rings. The van der Waals surface area contributed by atoms with Crippen molar-refractivity contribution in [1.29, 1.82) is 0 Å². The zero-order valence-electron chi connectivity index (χ0n) is 22.5. The van der Waals surface area contributed by atoms with Crippen molar-refractivity contribution in [3.63, 3.8) is 0 Å². The van der Waals surface area contributed by atoms with Crippen LogP contribution < -0.4 is 20.1 Å². The van der Waals surface area contributed by atoms with Gasteiger partial charge in [0.05, 0.1) is 31.3 Å². The van der Waals surface area contributed by atoms with E-state index in [1.54, 1.807) is 31.0 Å². The summed E-state index contributed by atoms with van der Waals surface area (Å²) in [6.45, 7) is 8.56. The SMILES string of the molecule is CCCCN(CC(=O)Nc1cc(C(C)(C)C)nn1-c1ccc(OC)cc1)C(=O)Nc1ccccc1OC. The first-order chi connectivity index (χ1) is 17.7. The quantitative estimate of drug-likeness (QED) is 0.380. The molecule has 0 spiro atoms. The number of nitrogens with zero attached hydrogens (tertiary/aromatic N) is 3. The molecule has 37 heavy (non-hydrogen) atoms. The molecule has 2 aromatic carbocycles. The lowest BCUT2D eigenvalue weighted by Crippen LogP contribution is -2.41. The van der Waals surface area contributed by atoms with E-state index in [1.165, 1.54) is 4.90 Å². The number of hydrogen-bond donors (Lipinski definition) is 2. The third-order valence-electron chi connectivity index (χ3n) is 5.81. The van der Waals surface area contributed by atoms with Crippen molar-refractivity contribution in [3.05, 3.63) is 60.3 Å². The van der Waals surface area contributed by atoms with Crippen LogP contribution in [0.15, 0.2) is 54.6 Å². The van der Waals surface area contributed by atoms with E-state index in [-0.39, 0.29) is 23.9 Å². The van der Waals surface area contributed by atoms with Gasteiger partial charge in [-0.1, -0.05) is 46.2 Å². The molecule has 0 radical (unpaired) electrons. The van der Waals surface area contributed by atoms with Gasteiger partial charge in [-0.3, -0.25) is 4.79 Å². The predicted octanol–water partition coefficient (Wildman–Crippen LogP) is 5.46. The maximum absolute atomic E-state index is 13.2. The fraction of sp³-hybridized carbons (Fsp3) is 0.393. The minimum atomic E-state index is -0.368. The lowest BCUT2D eigenvalue weighted by molar-refractivity contribution is -0.116. The van der Waals surface area contributed by atoms with E-state index in [0.717, 1.165) is 30.0 Å². The topological polar surface area (TPSA) is 97.7 Å². The Morgan fingerprint density at radius 1 is 1.00 bits per heavy atom. The highest BCUT2D eigenvalue weighted by molar-refractivity contribution is 5.97. The first-order valence-electron chi connectivity index (χ1n) is 12.4. The van der Waals surface area contributed by atoms with Crippen LogP contribution in [-0.2, 0) is 10.2 Å². The molecule has 0 aliphatic carbocycles. The summed E-state index contributed by atoms with van der Waals surface area (Å²) in [5.74, 6) is 1.49. The number of aromatic nitrogens is 2. The summed E-state index contributed by atoms with van der Waals surface area (Å²) < 4.78 is 12.3. The molecule has 0 saturated carbocycles. The van der Waals surface area contributed by atoms with Crippen LogP contribution in [0.1, 0.15) is 46.2 Å². The van der Waals surface area contributed by atoms with Crippen LogP contribution in [0.25, 0.3) is 5.69 Å². The number of hydrogen-bond acceptors (Lipinski definition) is 5. The van der Waals surface area contributed by atoms with Gasteiger partial charge in [-0.15, -0.1) is 0 Å². The molecule has 0 bridgehead atoms. The van der Waals surface area contributed by atoms with Gasteiger partial charge in [0, 0.05) is 18.0 Å². The highest BCUT2D eigenvalue weighted by Crippen LogP contribution is 2.27. The summed E-state index contributed by atoms with van der Waals surface area (Å²) in [6.07, 6.45) is 1.66. The van der Waals surface area contributed by atoms with E-state index >= 15 is 0 Å². The number of carbonyl (C=O) groups is 2. The summed E-state index contributed by atoms with van der Waals surface area (Å²) >= 11 is 0. The summed E-state index contributed by atoms with van der Waals surface area (Å²) in [4.78, 5) is 27.8. The Hall–Kier alpha value is -4.01. The molecule has 1 heterocycles. The van der Waals surface area contributed by atoms with Crippen molar-refractivity contribution in [2.45, 2.75) is 46.0 Å². The summed E-state index contributed by atoms with van der Waals surface area (Å²) in [6, 6.07) is 16.1. The van der Waals surface area contributed by atoms with Crippen molar-refractivity contribution < 1.29 is 19.1 Å². The van der Waals surface area contributed by atoms with E-state index in [4.69, 9.17) is 14.6 Å². The fourth-order valence-electron chi connectivity index (χ4n) is 3.66. The van der Waals surface area contributed by atoms with Crippen LogP contribution in [0, 0.1) is 0 Å².